The lowest BCUT2D eigenvalue weighted by atomic mass is 9.83. The second-order valence-electron chi connectivity index (χ2n) is 7.99. The summed E-state index contributed by atoms with van der Waals surface area (Å²) in [4.78, 5) is 14.3. The standard InChI is InChI=1S/C18H37N3O2/c1-7-14-8-10-15(11-9-14)21(6)16(12-19)13(2)20-17(22)23-18(3,4)5/h13-16H,7-12,19H2,1-6H3,(H,20,22). The van der Waals surface area contributed by atoms with Crippen molar-refractivity contribution < 1.29 is 9.53 Å². The van der Waals surface area contributed by atoms with E-state index in [2.05, 4.69) is 24.2 Å². The van der Waals surface area contributed by atoms with Crippen molar-refractivity contribution >= 4 is 6.09 Å². The molecule has 0 aromatic carbocycles. The Balaban J connectivity index is 2.55. The molecule has 0 radical (unpaired) electrons. The van der Waals surface area contributed by atoms with Gasteiger partial charge in [-0.05, 0) is 66.3 Å². The van der Waals surface area contributed by atoms with Gasteiger partial charge in [-0.25, -0.2) is 4.79 Å². The molecule has 2 atom stereocenters. The van der Waals surface area contributed by atoms with Crippen molar-refractivity contribution in [2.75, 3.05) is 13.6 Å². The summed E-state index contributed by atoms with van der Waals surface area (Å²) in [6.45, 7) is 10.4. The molecule has 23 heavy (non-hydrogen) atoms. The maximum atomic E-state index is 12.0. The molecular formula is C18H37N3O2. The number of likely N-dealkylation sites (N-methyl/N-ethyl adjacent to an activating group) is 1. The highest BCUT2D eigenvalue weighted by atomic mass is 16.6. The number of carbonyl (C=O) groups is 1. The first-order valence-corrected chi connectivity index (χ1v) is 9.09. The molecule has 3 N–H and O–H groups in total. The predicted octanol–water partition coefficient (Wildman–Crippen LogP) is 3.13. The third-order valence-corrected chi connectivity index (χ3v) is 5.06. The lowest BCUT2D eigenvalue weighted by Gasteiger charge is -2.41. The monoisotopic (exact) mass is 327 g/mol. The average molecular weight is 328 g/mol. The maximum absolute atomic E-state index is 12.0. The maximum Gasteiger partial charge on any atom is 0.407 e. The normalized spacial score (nSPS) is 25.0. The van der Waals surface area contributed by atoms with Gasteiger partial charge in [-0.15, -0.1) is 0 Å². The molecule has 1 amide bonds. The van der Waals surface area contributed by atoms with E-state index in [0.717, 1.165) is 5.92 Å². The Bertz CT molecular complexity index is 360. The predicted molar refractivity (Wildman–Crippen MR) is 95.5 cm³/mol. The molecule has 5 nitrogen and oxygen atoms in total. The summed E-state index contributed by atoms with van der Waals surface area (Å²) in [6.07, 6.45) is 5.97. The Labute approximate surface area is 142 Å². The number of nitrogens with two attached hydrogens (primary N) is 1. The van der Waals surface area contributed by atoms with Gasteiger partial charge in [0.2, 0.25) is 0 Å². The van der Waals surface area contributed by atoms with Gasteiger partial charge in [-0.1, -0.05) is 13.3 Å². The van der Waals surface area contributed by atoms with Crippen LogP contribution in [0.2, 0.25) is 0 Å². The summed E-state index contributed by atoms with van der Waals surface area (Å²) in [5.74, 6) is 0.883. The Morgan fingerprint density at radius 1 is 1.30 bits per heavy atom. The molecule has 136 valence electrons. The molecule has 1 rings (SSSR count). The zero-order chi connectivity index (χ0) is 17.6. The van der Waals surface area contributed by atoms with Crippen molar-refractivity contribution in [3.05, 3.63) is 0 Å². The number of alkyl carbamates (subject to hydrolysis) is 1. The van der Waals surface area contributed by atoms with Crippen molar-refractivity contribution in [3.63, 3.8) is 0 Å². The van der Waals surface area contributed by atoms with Gasteiger partial charge in [0.15, 0.2) is 0 Å². The fourth-order valence-corrected chi connectivity index (χ4v) is 3.54. The molecule has 0 aliphatic heterocycles. The van der Waals surface area contributed by atoms with Gasteiger partial charge in [0.25, 0.3) is 0 Å². The lowest BCUT2D eigenvalue weighted by molar-refractivity contribution is 0.0445. The largest absolute Gasteiger partial charge is 0.444 e. The SMILES string of the molecule is CCC1CCC(N(C)C(CN)C(C)NC(=O)OC(C)(C)C)CC1. The van der Waals surface area contributed by atoms with Crippen LogP contribution in [0.4, 0.5) is 4.79 Å². The summed E-state index contributed by atoms with van der Waals surface area (Å²) in [5, 5.41) is 2.94. The van der Waals surface area contributed by atoms with Gasteiger partial charge >= 0.3 is 6.09 Å². The topological polar surface area (TPSA) is 67.6 Å². The van der Waals surface area contributed by atoms with Crippen LogP contribution in [0.15, 0.2) is 0 Å². The van der Waals surface area contributed by atoms with Gasteiger partial charge in [0.05, 0.1) is 0 Å². The molecule has 0 heterocycles. The van der Waals surface area contributed by atoms with Crippen molar-refractivity contribution in [3.8, 4) is 0 Å². The zero-order valence-corrected chi connectivity index (χ0v) is 15.9. The Morgan fingerprint density at radius 2 is 1.87 bits per heavy atom. The molecule has 0 bridgehead atoms. The smallest absolute Gasteiger partial charge is 0.407 e. The number of ether oxygens (including phenoxy) is 1. The summed E-state index contributed by atoms with van der Waals surface area (Å²) < 4.78 is 5.35. The van der Waals surface area contributed by atoms with Gasteiger partial charge in [-0.3, -0.25) is 4.90 Å². The second kappa shape index (κ2) is 8.88. The third kappa shape index (κ3) is 6.68. The molecular weight excluding hydrogens is 290 g/mol. The second-order valence-corrected chi connectivity index (χ2v) is 7.99. The number of nitrogens with one attached hydrogen (secondary N) is 1. The Morgan fingerprint density at radius 3 is 2.30 bits per heavy atom. The molecule has 1 aliphatic carbocycles. The molecule has 5 heteroatoms. The van der Waals surface area contributed by atoms with E-state index in [-0.39, 0.29) is 18.2 Å². The number of nitrogens with zero attached hydrogens (tertiary/aromatic N) is 1. The highest BCUT2D eigenvalue weighted by molar-refractivity contribution is 5.68. The van der Waals surface area contributed by atoms with Crippen LogP contribution < -0.4 is 11.1 Å². The minimum Gasteiger partial charge on any atom is -0.444 e. The van der Waals surface area contributed by atoms with Crippen LogP contribution in [-0.2, 0) is 4.74 Å². The van der Waals surface area contributed by atoms with E-state index in [1.165, 1.54) is 32.1 Å². The van der Waals surface area contributed by atoms with Gasteiger partial charge in [0.1, 0.15) is 5.60 Å². The van der Waals surface area contributed by atoms with Crippen LogP contribution in [-0.4, -0.2) is 48.3 Å². The van der Waals surface area contributed by atoms with Crippen LogP contribution in [0.25, 0.3) is 0 Å². The van der Waals surface area contributed by atoms with E-state index in [0.29, 0.717) is 12.6 Å². The molecule has 0 aromatic heterocycles. The number of rotatable bonds is 6. The van der Waals surface area contributed by atoms with E-state index in [1.807, 2.05) is 27.7 Å². The van der Waals surface area contributed by atoms with Crippen molar-refractivity contribution in [1.29, 1.82) is 0 Å². The van der Waals surface area contributed by atoms with Gasteiger partial charge in [-0.2, -0.15) is 0 Å². The fourth-order valence-electron chi connectivity index (χ4n) is 3.54. The van der Waals surface area contributed by atoms with E-state index in [9.17, 15) is 4.79 Å². The highest BCUT2D eigenvalue weighted by Gasteiger charge is 2.30. The van der Waals surface area contributed by atoms with E-state index < -0.39 is 5.60 Å². The average Bonchev–Trinajstić information content (AvgIpc) is 2.45. The summed E-state index contributed by atoms with van der Waals surface area (Å²) in [5.41, 5.74) is 5.52. The van der Waals surface area contributed by atoms with Crippen LogP contribution in [0.5, 0.6) is 0 Å². The highest BCUT2D eigenvalue weighted by Crippen LogP contribution is 2.30. The van der Waals surface area contributed by atoms with Crippen molar-refractivity contribution in [2.24, 2.45) is 11.7 Å². The van der Waals surface area contributed by atoms with E-state index in [1.54, 1.807) is 0 Å². The molecule has 1 saturated carbocycles. The van der Waals surface area contributed by atoms with E-state index >= 15 is 0 Å². The number of carbonyl (C=O) groups excluding carboxylic acids is 1. The Hall–Kier alpha value is -0.810. The van der Waals surface area contributed by atoms with Crippen LogP contribution in [0, 0.1) is 5.92 Å². The van der Waals surface area contributed by atoms with Crippen molar-refractivity contribution in [2.45, 2.75) is 90.4 Å². The summed E-state index contributed by atoms with van der Waals surface area (Å²) >= 11 is 0. The summed E-state index contributed by atoms with van der Waals surface area (Å²) in [6, 6.07) is 0.656. The van der Waals surface area contributed by atoms with Gasteiger partial charge in [0, 0.05) is 24.7 Å². The quantitative estimate of drug-likeness (QED) is 0.786. The molecule has 0 saturated heterocycles. The molecule has 0 aromatic rings. The number of hydrogen-bond acceptors (Lipinski definition) is 4. The first-order chi connectivity index (χ1) is 10.7. The van der Waals surface area contributed by atoms with Gasteiger partial charge < -0.3 is 15.8 Å². The summed E-state index contributed by atoms with van der Waals surface area (Å²) in [7, 11) is 2.14. The number of hydrogen-bond donors (Lipinski definition) is 2. The van der Waals surface area contributed by atoms with Crippen molar-refractivity contribution in [1.82, 2.24) is 10.2 Å². The molecule has 1 fully saturated rings. The third-order valence-electron chi connectivity index (χ3n) is 5.06. The molecule has 2 unspecified atom stereocenters. The first-order valence-electron chi connectivity index (χ1n) is 9.09. The minimum absolute atomic E-state index is 0.0382. The fraction of sp³-hybridized carbons (Fsp3) is 0.944. The van der Waals surface area contributed by atoms with Crippen LogP contribution in [0.1, 0.15) is 66.7 Å². The zero-order valence-electron chi connectivity index (χ0n) is 15.9. The Kier molecular flexibility index (Phi) is 7.81. The molecule has 1 aliphatic rings. The first kappa shape index (κ1) is 20.2. The minimum atomic E-state index is -0.480. The lowest BCUT2D eigenvalue weighted by Crippen LogP contribution is -2.56. The number of amides is 1. The van der Waals surface area contributed by atoms with Crippen LogP contribution >= 0.6 is 0 Å². The molecule has 0 spiro atoms. The van der Waals surface area contributed by atoms with E-state index in [4.69, 9.17) is 10.5 Å². The van der Waals surface area contributed by atoms with Crippen LogP contribution in [0.3, 0.4) is 0 Å².